The lowest BCUT2D eigenvalue weighted by molar-refractivity contribution is -0.394. The van der Waals surface area contributed by atoms with Gasteiger partial charge in [0.25, 0.3) is 0 Å². The van der Waals surface area contributed by atoms with E-state index in [1.165, 1.54) is 0 Å². The predicted octanol–water partition coefficient (Wildman–Crippen LogP) is -0.456. The van der Waals surface area contributed by atoms with E-state index in [9.17, 15) is 24.8 Å². The van der Waals surface area contributed by atoms with Crippen LogP contribution in [0.3, 0.4) is 0 Å². The van der Waals surface area contributed by atoms with Crippen molar-refractivity contribution in [2.24, 2.45) is 0 Å². The topological polar surface area (TPSA) is 143 Å². The van der Waals surface area contributed by atoms with Gasteiger partial charge in [-0.1, -0.05) is 0 Å². The van der Waals surface area contributed by atoms with E-state index in [0.29, 0.717) is 0 Å². The molecule has 0 amide bonds. The molecule has 1 aromatic heterocycles. The van der Waals surface area contributed by atoms with Gasteiger partial charge in [-0.15, -0.1) is 0 Å². The zero-order valence-electron chi connectivity index (χ0n) is 13.2. The molecule has 0 unspecified atom stereocenters. The van der Waals surface area contributed by atoms with Crippen LogP contribution in [0.25, 0.3) is 0 Å². The van der Waals surface area contributed by atoms with Crippen molar-refractivity contribution in [3.8, 4) is 0 Å². The van der Waals surface area contributed by atoms with Gasteiger partial charge in [-0.25, -0.2) is 4.98 Å². The summed E-state index contributed by atoms with van der Waals surface area (Å²) in [5, 5.41) is 21.3. The quantitative estimate of drug-likeness (QED) is 0.431. The molecule has 1 saturated heterocycles. The summed E-state index contributed by atoms with van der Waals surface area (Å²) < 4.78 is 24.0. The smallest absolute Gasteiger partial charge is 0.344 e. The van der Waals surface area contributed by atoms with E-state index >= 15 is 0 Å². The van der Waals surface area contributed by atoms with Gasteiger partial charge < -0.3 is 29.4 Å². The molecule has 1 fully saturated rings. The van der Waals surface area contributed by atoms with Crippen LogP contribution in [-0.4, -0.2) is 56.4 Å². The highest BCUT2D eigenvalue weighted by molar-refractivity contribution is 5.66. The lowest BCUT2D eigenvalue weighted by atomic mass is 10.1. The number of aromatic nitrogens is 2. The van der Waals surface area contributed by atoms with E-state index in [1.54, 1.807) is 0 Å². The molecule has 126 valence electrons. The van der Waals surface area contributed by atoms with Crippen LogP contribution < -0.4 is 0 Å². The first-order valence-electron chi connectivity index (χ1n) is 6.98. The van der Waals surface area contributed by atoms with Gasteiger partial charge in [-0.3, -0.25) is 9.59 Å². The fourth-order valence-electron chi connectivity index (χ4n) is 2.09. The van der Waals surface area contributed by atoms with E-state index in [2.05, 4.69) is 9.72 Å². The molecule has 0 bridgehead atoms. The second-order valence-electron chi connectivity index (χ2n) is 4.69. The summed E-state index contributed by atoms with van der Waals surface area (Å²) in [6.45, 7) is 1.52. The third kappa shape index (κ3) is 3.63. The Kier molecular flexibility index (Phi) is 4.48. The van der Waals surface area contributed by atoms with Crippen LogP contribution in [0, 0.1) is 10.1 Å². The van der Waals surface area contributed by atoms with Crippen LogP contribution in [0.4, 0.5) is 5.82 Å². The zero-order valence-corrected chi connectivity index (χ0v) is 12.2. The van der Waals surface area contributed by atoms with Crippen molar-refractivity contribution in [3.63, 3.8) is 0 Å². The number of carbonyl (C=O) groups is 2. The van der Waals surface area contributed by atoms with Crippen molar-refractivity contribution >= 4 is 17.8 Å². The SMILES string of the molecule is [2H][C@]1(COC(C)=O)O[C@@H](n2cncc2[N+](=O)[O-])[C@H](OC(C)=O)[C@@H]1O. The standard InChI is InChI=1S/C12H15N3O8/c1-6(16)21-4-8-10(18)11(22-7(2)17)12(23-8)14-5-13-3-9(14)15(19)20/h3,5,8,10-12,18H,4H2,1-2H3/t8-,10-,11-,12-/m1/s1/i8D. The van der Waals surface area contributed by atoms with Crippen LogP contribution >= 0.6 is 0 Å². The summed E-state index contributed by atoms with van der Waals surface area (Å²) in [5.41, 5.74) is 0. The van der Waals surface area contributed by atoms with Gasteiger partial charge in [0.1, 0.15) is 25.0 Å². The average molecular weight is 330 g/mol. The lowest BCUT2D eigenvalue weighted by Crippen LogP contribution is -2.37. The fraction of sp³-hybridized carbons (Fsp3) is 0.583. The summed E-state index contributed by atoms with van der Waals surface area (Å²) in [6, 6.07) is 0. The molecule has 2 rings (SSSR count). The first-order chi connectivity index (χ1) is 11.2. The van der Waals surface area contributed by atoms with Gasteiger partial charge in [0.05, 0.1) is 1.37 Å². The molecule has 23 heavy (non-hydrogen) atoms. The Hall–Kier alpha value is -2.53. The summed E-state index contributed by atoms with van der Waals surface area (Å²) >= 11 is 0. The molecule has 0 radical (unpaired) electrons. The maximum Gasteiger partial charge on any atom is 0.344 e. The van der Waals surface area contributed by atoms with Crippen LogP contribution in [0.5, 0.6) is 0 Å². The third-order valence-corrected chi connectivity index (χ3v) is 3.02. The van der Waals surface area contributed by atoms with Crippen LogP contribution in [0.1, 0.15) is 21.4 Å². The molecule has 1 aromatic rings. The van der Waals surface area contributed by atoms with Crippen LogP contribution in [-0.2, 0) is 23.8 Å². The minimum Gasteiger partial charge on any atom is -0.463 e. The summed E-state index contributed by atoms with van der Waals surface area (Å²) in [5.74, 6) is -1.98. The second-order valence-corrected chi connectivity index (χ2v) is 4.69. The summed E-state index contributed by atoms with van der Waals surface area (Å²) in [4.78, 5) is 36.1. The normalized spacial score (nSPS) is 30.6. The maximum absolute atomic E-state index is 11.3. The maximum atomic E-state index is 11.3. The number of aliphatic hydroxyl groups is 1. The highest BCUT2D eigenvalue weighted by Gasteiger charge is 2.51. The van der Waals surface area contributed by atoms with Gasteiger partial charge >= 0.3 is 17.8 Å². The van der Waals surface area contributed by atoms with Crippen molar-refractivity contribution < 1.29 is 35.2 Å². The molecule has 0 spiro atoms. The van der Waals surface area contributed by atoms with Crippen molar-refractivity contribution in [3.05, 3.63) is 22.6 Å². The second kappa shape index (κ2) is 6.71. The van der Waals surface area contributed by atoms with E-state index in [-0.39, 0.29) is 0 Å². The summed E-state index contributed by atoms with van der Waals surface area (Å²) in [7, 11) is 0. The zero-order chi connectivity index (χ0) is 18.1. The largest absolute Gasteiger partial charge is 0.463 e. The van der Waals surface area contributed by atoms with E-state index in [0.717, 1.165) is 30.9 Å². The predicted molar refractivity (Wildman–Crippen MR) is 71.0 cm³/mol. The van der Waals surface area contributed by atoms with E-state index < -0.39 is 53.8 Å². The Labute approximate surface area is 131 Å². The number of nitrogens with zero attached hydrogens (tertiary/aromatic N) is 3. The fourth-order valence-corrected chi connectivity index (χ4v) is 2.09. The summed E-state index contributed by atoms with van der Waals surface area (Å²) in [6.07, 6.45) is -4.72. The van der Waals surface area contributed by atoms with E-state index in [1.807, 2.05) is 0 Å². The molecule has 1 aliphatic heterocycles. The minimum absolute atomic E-state index is 0.485. The van der Waals surface area contributed by atoms with Gasteiger partial charge in [0.15, 0.2) is 12.4 Å². The number of ether oxygens (including phenoxy) is 3. The molecule has 0 saturated carbocycles. The van der Waals surface area contributed by atoms with E-state index in [4.69, 9.17) is 10.8 Å². The Morgan fingerprint density at radius 3 is 2.83 bits per heavy atom. The Balaban J connectivity index is 2.36. The van der Waals surface area contributed by atoms with Crippen molar-refractivity contribution in [1.82, 2.24) is 9.55 Å². The van der Waals surface area contributed by atoms with Crippen LogP contribution in [0.2, 0.25) is 0 Å². The van der Waals surface area contributed by atoms with Crippen molar-refractivity contribution in [2.45, 2.75) is 38.4 Å². The number of hydrogen-bond donors (Lipinski definition) is 1. The molecule has 4 atom stereocenters. The number of aliphatic hydroxyl groups excluding tert-OH is 1. The lowest BCUT2D eigenvalue weighted by Gasteiger charge is -2.18. The molecule has 1 aliphatic rings. The first kappa shape index (κ1) is 15.4. The third-order valence-electron chi connectivity index (χ3n) is 3.02. The molecule has 0 aliphatic carbocycles. The number of imidazole rings is 1. The number of esters is 2. The molecule has 0 aromatic carbocycles. The number of nitro groups is 1. The van der Waals surface area contributed by atoms with Crippen molar-refractivity contribution in [1.29, 1.82) is 0 Å². The number of rotatable bonds is 5. The monoisotopic (exact) mass is 330 g/mol. The molecular formula is C12H15N3O8. The Morgan fingerprint density at radius 1 is 1.57 bits per heavy atom. The highest BCUT2D eigenvalue weighted by Crippen LogP contribution is 2.34. The number of hydrogen-bond acceptors (Lipinski definition) is 9. The van der Waals surface area contributed by atoms with Gasteiger partial charge in [-0.05, 0) is 4.92 Å². The average Bonchev–Trinajstić information content (AvgIpc) is 3.04. The highest BCUT2D eigenvalue weighted by atomic mass is 16.6. The Bertz CT molecular complexity index is 664. The molecule has 11 nitrogen and oxygen atoms in total. The van der Waals surface area contributed by atoms with Gasteiger partial charge in [0, 0.05) is 13.8 Å². The molecular weight excluding hydrogens is 314 g/mol. The van der Waals surface area contributed by atoms with Crippen LogP contribution in [0.15, 0.2) is 12.5 Å². The Morgan fingerprint density at radius 2 is 2.26 bits per heavy atom. The van der Waals surface area contributed by atoms with Gasteiger partial charge in [-0.2, -0.15) is 4.57 Å². The van der Waals surface area contributed by atoms with Gasteiger partial charge in [0.2, 0.25) is 6.23 Å². The van der Waals surface area contributed by atoms with Crippen molar-refractivity contribution in [2.75, 3.05) is 6.61 Å². The number of carbonyl (C=O) groups excluding carboxylic acids is 2. The first-order valence-corrected chi connectivity index (χ1v) is 6.48. The molecule has 11 heteroatoms. The minimum atomic E-state index is -2.17. The molecule has 1 N–H and O–H groups in total. The molecule has 2 heterocycles.